The lowest BCUT2D eigenvalue weighted by Crippen LogP contribution is -2.46. The first-order valence-electron chi connectivity index (χ1n) is 8.41. The molecule has 2 aliphatic rings. The second-order valence-corrected chi connectivity index (χ2v) is 6.40. The molecule has 1 saturated heterocycles. The molecule has 1 aliphatic heterocycles. The molecule has 1 aliphatic carbocycles. The van der Waals surface area contributed by atoms with Gasteiger partial charge in [0, 0.05) is 18.5 Å². The van der Waals surface area contributed by atoms with Crippen LogP contribution in [0.1, 0.15) is 58.3 Å². The summed E-state index contributed by atoms with van der Waals surface area (Å²) in [5, 5.41) is 13.2. The van der Waals surface area contributed by atoms with E-state index >= 15 is 0 Å². The molecule has 0 aromatic heterocycles. The standard InChI is InChI=1S/C16H30N2O2/c1-2-3-10-17-16(20)12-18-11-6-8-14(18)13-7-4-5-9-15(13)19/h13-15,19H,2-12H2,1H3,(H,17,20). The largest absolute Gasteiger partial charge is 0.393 e. The average molecular weight is 282 g/mol. The van der Waals surface area contributed by atoms with E-state index in [2.05, 4.69) is 17.1 Å². The fourth-order valence-corrected chi connectivity index (χ4v) is 3.77. The Labute approximate surface area is 122 Å². The number of aliphatic hydroxyl groups excluding tert-OH is 1. The molecule has 2 N–H and O–H groups in total. The lowest BCUT2D eigenvalue weighted by molar-refractivity contribution is -0.123. The highest BCUT2D eigenvalue weighted by Crippen LogP contribution is 2.34. The van der Waals surface area contributed by atoms with Gasteiger partial charge in [-0.25, -0.2) is 0 Å². The molecule has 20 heavy (non-hydrogen) atoms. The van der Waals surface area contributed by atoms with Crippen molar-refractivity contribution in [2.75, 3.05) is 19.6 Å². The highest BCUT2D eigenvalue weighted by Gasteiger charge is 2.37. The molecule has 4 heteroatoms. The Balaban J connectivity index is 1.82. The van der Waals surface area contributed by atoms with Crippen molar-refractivity contribution in [3.8, 4) is 0 Å². The van der Waals surface area contributed by atoms with E-state index in [0.29, 0.717) is 18.5 Å². The van der Waals surface area contributed by atoms with Gasteiger partial charge in [-0.2, -0.15) is 0 Å². The molecule has 3 unspecified atom stereocenters. The van der Waals surface area contributed by atoms with E-state index in [-0.39, 0.29) is 12.0 Å². The van der Waals surface area contributed by atoms with Crippen LogP contribution < -0.4 is 5.32 Å². The van der Waals surface area contributed by atoms with Crippen LogP contribution in [0.5, 0.6) is 0 Å². The zero-order valence-corrected chi connectivity index (χ0v) is 12.8. The minimum absolute atomic E-state index is 0.149. The van der Waals surface area contributed by atoms with E-state index in [1.54, 1.807) is 0 Å². The lowest BCUT2D eigenvalue weighted by atomic mass is 9.80. The van der Waals surface area contributed by atoms with E-state index < -0.39 is 0 Å². The SMILES string of the molecule is CCCCNC(=O)CN1CCCC1C1CCCCC1O. The van der Waals surface area contributed by atoms with E-state index in [0.717, 1.165) is 58.0 Å². The maximum Gasteiger partial charge on any atom is 0.234 e. The van der Waals surface area contributed by atoms with Gasteiger partial charge < -0.3 is 10.4 Å². The predicted molar refractivity (Wildman–Crippen MR) is 80.5 cm³/mol. The average Bonchev–Trinajstić information content (AvgIpc) is 2.87. The highest BCUT2D eigenvalue weighted by atomic mass is 16.3. The summed E-state index contributed by atoms with van der Waals surface area (Å²) in [5.41, 5.74) is 0. The van der Waals surface area contributed by atoms with Gasteiger partial charge in [-0.15, -0.1) is 0 Å². The first-order chi connectivity index (χ1) is 9.72. The summed E-state index contributed by atoms with van der Waals surface area (Å²) < 4.78 is 0. The van der Waals surface area contributed by atoms with Crippen LogP contribution in [-0.2, 0) is 4.79 Å². The summed E-state index contributed by atoms with van der Waals surface area (Å²) in [6.07, 6.45) is 8.77. The van der Waals surface area contributed by atoms with Crippen molar-refractivity contribution in [3.05, 3.63) is 0 Å². The Kier molecular flexibility index (Phi) is 6.30. The van der Waals surface area contributed by atoms with Crippen molar-refractivity contribution in [3.63, 3.8) is 0 Å². The molecule has 116 valence electrons. The summed E-state index contributed by atoms with van der Waals surface area (Å²) in [5.74, 6) is 0.533. The van der Waals surface area contributed by atoms with Crippen molar-refractivity contribution in [2.24, 2.45) is 5.92 Å². The first-order valence-corrected chi connectivity index (χ1v) is 8.41. The van der Waals surface area contributed by atoms with Gasteiger partial charge in [0.05, 0.1) is 12.6 Å². The van der Waals surface area contributed by atoms with Gasteiger partial charge >= 0.3 is 0 Å². The molecule has 0 aromatic rings. The van der Waals surface area contributed by atoms with E-state index in [9.17, 15) is 9.90 Å². The third kappa shape index (κ3) is 4.19. The molecule has 2 rings (SSSR count). The lowest BCUT2D eigenvalue weighted by Gasteiger charge is -2.37. The molecular formula is C16H30N2O2. The molecule has 1 saturated carbocycles. The van der Waals surface area contributed by atoms with Crippen LogP contribution in [0.3, 0.4) is 0 Å². The van der Waals surface area contributed by atoms with Crippen LogP contribution in [0.15, 0.2) is 0 Å². The summed E-state index contributed by atoms with van der Waals surface area (Å²) in [7, 11) is 0. The van der Waals surface area contributed by atoms with E-state index in [4.69, 9.17) is 0 Å². The summed E-state index contributed by atoms with van der Waals surface area (Å²) in [6, 6.07) is 0.419. The van der Waals surface area contributed by atoms with Gasteiger partial charge in [-0.05, 0) is 38.6 Å². The minimum atomic E-state index is -0.155. The van der Waals surface area contributed by atoms with Crippen molar-refractivity contribution in [1.82, 2.24) is 10.2 Å². The molecule has 1 amide bonds. The van der Waals surface area contributed by atoms with Crippen molar-refractivity contribution in [1.29, 1.82) is 0 Å². The number of aliphatic hydroxyl groups is 1. The maximum absolute atomic E-state index is 12.0. The van der Waals surface area contributed by atoms with Gasteiger partial charge in [0.15, 0.2) is 0 Å². The number of nitrogens with zero attached hydrogens (tertiary/aromatic N) is 1. The molecule has 2 fully saturated rings. The van der Waals surface area contributed by atoms with Crippen molar-refractivity contribution in [2.45, 2.75) is 70.4 Å². The van der Waals surface area contributed by atoms with Crippen LogP contribution >= 0.6 is 0 Å². The number of carbonyl (C=O) groups is 1. The smallest absolute Gasteiger partial charge is 0.234 e. The summed E-state index contributed by atoms with van der Waals surface area (Å²) >= 11 is 0. The zero-order chi connectivity index (χ0) is 14.4. The van der Waals surface area contributed by atoms with Gasteiger partial charge in [0.25, 0.3) is 0 Å². The topological polar surface area (TPSA) is 52.6 Å². The highest BCUT2D eigenvalue weighted by molar-refractivity contribution is 5.78. The third-order valence-corrected chi connectivity index (χ3v) is 4.89. The molecule has 4 nitrogen and oxygen atoms in total. The van der Waals surface area contributed by atoms with Crippen LogP contribution in [0.4, 0.5) is 0 Å². The molecule has 0 aromatic carbocycles. The monoisotopic (exact) mass is 282 g/mol. The molecule has 0 bridgehead atoms. The quantitative estimate of drug-likeness (QED) is 0.732. The fourth-order valence-electron chi connectivity index (χ4n) is 3.77. The number of rotatable bonds is 6. The number of amides is 1. The number of hydrogen-bond acceptors (Lipinski definition) is 3. The number of carbonyl (C=O) groups excluding carboxylic acids is 1. The Morgan fingerprint density at radius 1 is 1.25 bits per heavy atom. The van der Waals surface area contributed by atoms with Crippen LogP contribution in [0, 0.1) is 5.92 Å². The van der Waals surface area contributed by atoms with E-state index in [1.807, 2.05) is 0 Å². The number of hydrogen-bond donors (Lipinski definition) is 2. The Morgan fingerprint density at radius 2 is 2.05 bits per heavy atom. The van der Waals surface area contributed by atoms with Gasteiger partial charge in [0.2, 0.25) is 5.91 Å². The second-order valence-electron chi connectivity index (χ2n) is 6.40. The minimum Gasteiger partial charge on any atom is -0.393 e. The van der Waals surface area contributed by atoms with Gasteiger partial charge in [-0.3, -0.25) is 9.69 Å². The van der Waals surface area contributed by atoms with E-state index in [1.165, 1.54) is 6.42 Å². The third-order valence-electron chi connectivity index (χ3n) is 4.89. The number of likely N-dealkylation sites (tertiary alicyclic amines) is 1. The zero-order valence-electron chi connectivity index (χ0n) is 12.8. The Bertz CT molecular complexity index is 309. The molecular weight excluding hydrogens is 252 g/mol. The second kappa shape index (κ2) is 7.99. The first kappa shape index (κ1) is 15.8. The van der Waals surface area contributed by atoms with Crippen molar-refractivity contribution < 1.29 is 9.90 Å². The normalized spacial score (nSPS) is 31.4. The number of unbranched alkanes of at least 4 members (excludes halogenated alkanes) is 1. The van der Waals surface area contributed by atoms with Gasteiger partial charge in [-0.1, -0.05) is 26.2 Å². The molecule has 0 spiro atoms. The fraction of sp³-hybridized carbons (Fsp3) is 0.938. The van der Waals surface area contributed by atoms with Crippen LogP contribution in [0.25, 0.3) is 0 Å². The maximum atomic E-state index is 12.0. The summed E-state index contributed by atoms with van der Waals surface area (Å²) in [4.78, 5) is 14.3. The van der Waals surface area contributed by atoms with Crippen LogP contribution in [-0.4, -0.2) is 47.7 Å². The molecule has 3 atom stereocenters. The molecule has 0 radical (unpaired) electrons. The summed E-state index contributed by atoms with van der Waals surface area (Å²) in [6.45, 7) is 4.44. The number of nitrogens with one attached hydrogen (secondary N) is 1. The Morgan fingerprint density at radius 3 is 2.80 bits per heavy atom. The molecule has 1 heterocycles. The van der Waals surface area contributed by atoms with Gasteiger partial charge in [0.1, 0.15) is 0 Å². The Hall–Kier alpha value is -0.610. The van der Waals surface area contributed by atoms with Crippen LogP contribution in [0.2, 0.25) is 0 Å². The van der Waals surface area contributed by atoms with Crippen molar-refractivity contribution >= 4 is 5.91 Å². The predicted octanol–water partition coefficient (Wildman–Crippen LogP) is 1.92.